The molecule has 5 nitrogen and oxygen atoms in total. The lowest BCUT2D eigenvalue weighted by molar-refractivity contribution is -0.122. The number of amides is 2. The topological polar surface area (TPSA) is 63.1 Å². The molecule has 2 amide bonds. The van der Waals surface area contributed by atoms with Crippen molar-refractivity contribution in [2.24, 2.45) is 18.9 Å². The summed E-state index contributed by atoms with van der Waals surface area (Å²) in [6.45, 7) is 4.79. The second-order valence-corrected chi connectivity index (χ2v) is 7.08. The van der Waals surface area contributed by atoms with Crippen LogP contribution in [0.1, 0.15) is 43.6 Å². The fourth-order valence-corrected chi connectivity index (χ4v) is 2.95. The first-order valence-electron chi connectivity index (χ1n) is 8.64. The Morgan fingerprint density at radius 2 is 2.00 bits per heavy atom. The maximum absolute atomic E-state index is 12.3. The van der Waals surface area contributed by atoms with Gasteiger partial charge < -0.3 is 15.2 Å². The van der Waals surface area contributed by atoms with Crippen LogP contribution in [0.15, 0.2) is 24.3 Å². The van der Waals surface area contributed by atoms with Crippen LogP contribution in [0.2, 0.25) is 0 Å². The summed E-state index contributed by atoms with van der Waals surface area (Å²) in [5, 5.41) is 6.89. The van der Waals surface area contributed by atoms with Crippen LogP contribution in [0.25, 0.3) is 10.9 Å². The molecule has 0 spiro atoms. The smallest absolute Gasteiger partial charge is 0.267 e. The predicted octanol–water partition coefficient (Wildman–Crippen LogP) is 3.30. The zero-order chi connectivity index (χ0) is 17.3. The molecule has 128 valence electrons. The van der Waals surface area contributed by atoms with E-state index in [1.807, 2.05) is 35.9 Å². The SMILES string of the molecule is CC(C)CNC(=O)c1cc2cc(NC(=O)C3CCC3)ccc2n1C. The summed E-state index contributed by atoms with van der Waals surface area (Å²) in [6, 6.07) is 7.66. The van der Waals surface area contributed by atoms with Gasteiger partial charge in [0.1, 0.15) is 5.69 Å². The molecule has 2 N–H and O–H groups in total. The summed E-state index contributed by atoms with van der Waals surface area (Å²) in [5.41, 5.74) is 2.40. The van der Waals surface area contributed by atoms with Crippen molar-refractivity contribution in [3.8, 4) is 0 Å². The molecule has 2 aromatic rings. The maximum Gasteiger partial charge on any atom is 0.267 e. The highest BCUT2D eigenvalue weighted by Gasteiger charge is 2.25. The lowest BCUT2D eigenvalue weighted by Gasteiger charge is -2.24. The standard InChI is InChI=1S/C19H25N3O2/c1-12(2)11-20-19(24)17-10-14-9-15(7-8-16(14)22(17)3)21-18(23)13-5-4-6-13/h7-10,12-13H,4-6,11H2,1-3H3,(H,20,24)(H,21,23). The van der Waals surface area contributed by atoms with Crippen molar-refractivity contribution in [2.75, 3.05) is 11.9 Å². The zero-order valence-electron chi connectivity index (χ0n) is 14.6. The van der Waals surface area contributed by atoms with Crippen LogP contribution < -0.4 is 10.6 Å². The average molecular weight is 327 g/mol. The molecule has 0 radical (unpaired) electrons. The molecule has 1 aliphatic rings. The van der Waals surface area contributed by atoms with Crippen LogP contribution in [0.4, 0.5) is 5.69 Å². The predicted molar refractivity (Wildman–Crippen MR) is 96.1 cm³/mol. The average Bonchev–Trinajstić information content (AvgIpc) is 2.79. The summed E-state index contributed by atoms with van der Waals surface area (Å²) in [7, 11) is 1.89. The van der Waals surface area contributed by atoms with Crippen LogP contribution in [0.5, 0.6) is 0 Å². The molecule has 1 aliphatic carbocycles. The number of benzene rings is 1. The number of carbonyl (C=O) groups is 2. The van der Waals surface area contributed by atoms with Crippen LogP contribution in [0, 0.1) is 11.8 Å². The molecule has 24 heavy (non-hydrogen) atoms. The number of hydrogen-bond acceptors (Lipinski definition) is 2. The van der Waals surface area contributed by atoms with Gasteiger partial charge in [0.25, 0.3) is 5.91 Å². The van der Waals surface area contributed by atoms with E-state index in [0.717, 1.165) is 35.9 Å². The van der Waals surface area contributed by atoms with Gasteiger partial charge in [-0.3, -0.25) is 9.59 Å². The zero-order valence-corrected chi connectivity index (χ0v) is 14.6. The number of nitrogens with one attached hydrogen (secondary N) is 2. The highest BCUT2D eigenvalue weighted by molar-refractivity contribution is 6.00. The Morgan fingerprint density at radius 1 is 1.25 bits per heavy atom. The molecule has 1 heterocycles. The first kappa shape index (κ1) is 16.6. The minimum absolute atomic E-state index is 0.0672. The van der Waals surface area contributed by atoms with E-state index in [9.17, 15) is 9.59 Å². The molecule has 1 fully saturated rings. The van der Waals surface area contributed by atoms with Gasteiger partial charge in [-0.25, -0.2) is 0 Å². The third kappa shape index (κ3) is 3.30. The molecule has 1 saturated carbocycles. The Labute approximate surface area is 142 Å². The van der Waals surface area contributed by atoms with Crippen molar-refractivity contribution in [2.45, 2.75) is 33.1 Å². The van der Waals surface area contributed by atoms with Crippen LogP contribution >= 0.6 is 0 Å². The summed E-state index contributed by atoms with van der Waals surface area (Å²) >= 11 is 0. The van der Waals surface area contributed by atoms with Crippen molar-refractivity contribution in [1.29, 1.82) is 0 Å². The van der Waals surface area contributed by atoms with Crippen LogP contribution in [-0.2, 0) is 11.8 Å². The lowest BCUT2D eigenvalue weighted by Crippen LogP contribution is -2.28. The second-order valence-electron chi connectivity index (χ2n) is 7.08. The highest BCUT2D eigenvalue weighted by atomic mass is 16.2. The third-order valence-corrected chi connectivity index (χ3v) is 4.69. The van der Waals surface area contributed by atoms with Gasteiger partial charge in [-0.15, -0.1) is 0 Å². The van der Waals surface area contributed by atoms with Crippen molar-refractivity contribution in [3.63, 3.8) is 0 Å². The van der Waals surface area contributed by atoms with E-state index in [1.54, 1.807) is 0 Å². The highest BCUT2D eigenvalue weighted by Crippen LogP contribution is 2.28. The lowest BCUT2D eigenvalue weighted by atomic mass is 9.85. The Balaban J connectivity index is 1.79. The normalized spacial score (nSPS) is 14.7. The van der Waals surface area contributed by atoms with Crippen LogP contribution in [0.3, 0.4) is 0 Å². The Bertz CT molecular complexity index is 772. The van der Waals surface area contributed by atoms with Gasteiger partial charge >= 0.3 is 0 Å². The number of rotatable bonds is 5. The molecule has 1 aromatic carbocycles. The summed E-state index contributed by atoms with van der Waals surface area (Å²) in [4.78, 5) is 24.4. The molecule has 3 rings (SSSR count). The largest absolute Gasteiger partial charge is 0.351 e. The molecule has 0 unspecified atom stereocenters. The minimum atomic E-state index is -0.0672. The van der Waals surface area contributed by atoms with Gasteiger partial charge in [0.2, 0.25) is 5.91 Å². The van der Waals surface area contributed by atoms with Crippen molar-refractivity contribution < 1.29 is 9.59 Å². The van der Waals surface area contributed by atoms with E-state index in [1.165, 1.54) is 0 Å². The van der Waals surface area contributed by atoms with Crippen molar-refractivity contribution in [1.82, 2.24) is 9.88 Å². The van der Waals surface area contributed by atoms with Crippen molar-refractivity contribution >= 4 is 28.4 Å². The van der Waals surface area contributed by atoms with Gasteiger partial charge in [0, 0.05) is 36.1 Å². The quantitative estimate of drug-likeness (QED) is 0.885. The first-order valence-corrected chi connectivity index (χ1v) is 8.64. The number of anilines is 1. The van der Waals surface area contributed by atoms with Gasteiger partial charge in [0.15, 0.2) is 0 Å². The Kier molecular flexibility index (Phi) is 4.60. The monoisotopic (exact) mass is 327 g/mol. The number of hydrogen-bond donors (Lipinski definition) is 2. The van der Waals surface area contributed by atoms with E-state index in [0.29, 0.717) is 18.2 Å². The molecular formula is C19H25N3O2. The summed E-state index contributed by atoms with van der Waals surface area (Å²) in [5.74, 6) is 0.611. The van der Waals surface area contributed by atoms with E-state index in [-0.39, 0.29) is 17.7 Å². The molecule has 0 aliphatic heterocycles. The van der Waals surface area contributed by atoms with Gasteiger partial charge in [-0.05, 0) is 43.0 Å². The number of aromatic nitrogens is 1. The number of fused-ring (bicyclic) bond motifs is 1. The van der Waals surface area contributed by atoms with E-state index >= 15 is 0 Å². The van der Waals surface area contributed by atoms with Gasteiger partial charge in [0.05, 0.1) is 0 Å². The van der Waals surface area contributed by atoms with Crippen LogP contribution in [-0.4, -0.2) is 22.9 Å². The number of aryl methyl sites for hydroxylation is 1. The minimum Gasteiger partial charge on any atom is -0.351 e. The Morgan fingerprint density at radius 3 is 2.62 bits per heavy atom. The van der Waals surface area contributed by atoms with Gasteiger partial charge in [-0.2, -0.15) is 0 Å². The fourth-order valence-electron chi connectivity index (χ4n) is 2.95. The first-order chi connectivity index (χ1) is 11.5. The third-order valence-electron chi connectivity index (χ3n) is 4.69. The molecular weight excluding hydrogens is 302 g/mol. The molecule has 1 aromatic heterocycles. The molecule has 5 heteroatoms. The van der Waals surface area contributed by atoms with E-state index in [4.69, 9.17) is 0 Å². The second kappa shape index (κ2) is 6.67. The van der Waals surface area contributed by atoms with E-state index in [2.05, 4.69) is 24.5 Å². The number of nitrogens with zero attached hydrogens (tertiary/aromatic N) is 1. The molecule has 0 bridgehead atoms. The van der Waals surface area contributed by atoms with Crippen molar-refractivity contribution in [3.05, 3.63) is 30.0 Å². The summed E-state index contributed by atoms with van der Waals surface area (Å²) < 4.78 is 1.89. The Hall–Kier alpha value is -2.30. The van der Waals surface area contributed by atoms with E-state index < -0.39 is 0 Å². The number of carbonyl (C=O) groups excluding carboxylic acids is 2. The molecule has 0 atom stereocenters. The maximum atomic E-state index is 12.3. The summed E-state index contributed by atoms with van der Waals surface area (Å²) in [6.07, 6.45) is 3.11. The van der Waals surface area contributed by atoms with Gasteiger partial charge in [-0.1, -0.05) is 20.3 Å². The fraction of sp³-hybridized carbons (Fsp3) is 0.474. The molecule has 0 saturated heterocycles.